The van der Waals surface area contributed by atoms with Crippen LogP contribution in [0.15, 0.2) is 40.9 Å². The third kappa shape index (κ3) is 2.78. The van der Waals surface area contributed by atoms with Gasteiger partial charge in [-0.1, -0.05) is 45.7 Å². The number of aryl methyl sites for hydroxylation is 2. The van der Waals surface area contributed by atoms with Crippen LogP contribution in [0.3, 0.4) is 0 Å². The monoisotopic (exact) mass is 350 g/mol. The highest BCUT2D eigenvalue weighted by atomic mass is 79.9. The van der Waals surface area contributed by atoms with Crippen LogP contribution in [0.5, 0.6) is 0 Å². The molecule has 2 aromatic carbocycles. The molecule has 0 saturated heterocycles. The summed E-state index contributed by atoms with van der Waals surface area (Å²) in [5, 5.41) is 11.2. The molecule has 0 saturated carbocycles. The average molecular weight is 352 g/mol. The topological polar surface area (TPSA) is 20.2 Å². The summed E-state index contributed by atoms with van der Waals surface area (Å²) in [5.74, 6) is 0. The fourth-order valence-electron chi connectivity index (χ4n) is 2.83. The van der Waals surface area contributed by atoms with Gasteiger partial charge in [0.2, 0.25) is 0 Å². The van der Waals surface area contributed by atoms with Gasteiger partial charge < -0.3 is 5.11 Å². The largest absolute Gasteiger partial charge is 0.384 e. The molecule has 0 radical (unpaired) electrons. The molecule has 1 aliphatic carbocycles. The van der Waals surface area contributed by atoms with Crippen molar-refractivity contribution in [1.82, 2.24) is 0 Å². The third-order valence-electron chi connectivity index (χ3n) is 3.94. The molecule has 104 valence electrons. The first-order chi connectivity index (χ1) is 9.65. The highest BCUT2D eigenvalue weighted by Crippen LogP contribution is 2.32. The van der Waals surface area contributed by atoms with E-state index in [1.165, 1.54) is 24.0 Å². The lowest BCUT2D eigenvalue weighted by atomic mass is 9.88. The lowest BCUT2D eigenvalue weighted by molar-refractivity contribution is 0.219. The molecule has 0 spiro atoms. The molecule has 2 aromatic rings. The van der Waals surface area contributed by atoms with Gasteiger partial charge >= 0.3 is 0 Å². The smallest absolute Gasteiger partial charge is 0.105 e. The summed E-state index contributed by atoms with van der Waals surface area (Å²) in [5.41, 5.74) is 4.56. The fraction of sp³-hybridized carbons (Fsp3) is 0.294. The van der Waals surface area contributed by atoms with E-state index in [2.05, 4.69) is 28.1 Å². The molecule has 0 bridgehead atoms. The molecule has 0 aliphatic heterocycles. The molecular weight excluding hydrogens is 336 g/mol. The Morgan fingerprint density at radius 2 is 1.75 bits per heavy atom. The van der Waals surface area contributed by atoms with E-state index in [0.29, 0.717) is 5.02 Å². The number of benzene rings is 2. The van der Waals surface area contributed by atoms with Crippen molar-refractivity contribution in [2.75, 3.05) is 0 Å². The summed E-state index contributed by atoms with van der Waals surface area (Å²) in [6, 6.07) is 11.8. The van der Waals surface area contributed by atoms with Crippen LogP contribution in [0.2, 0.25) is 5.02 Å². The minimum Gasteiger partial charge on any atom is -0.384 e. The SMILES string of the molecule is OC(c1ccc2c(c1)CCCC2)c1cc(Cl)ccc1Br. The van der Waals surface area contributed by atoms with Crippen molar-refractivity contribution in [2.45, 2.75) is 31.8 Å². The average Bonchev–Trinajstić information content (AvgIpc) is 2.48. The van der Waals surface area contributed by atoms with Gasteiger partial charge in [-0.05, 0) is 60.6 Å². The molecule has 1 N–H and O–H groups in total. The van der Waals surface area contributed by atoms with E-state index in [-0.39, 0.29) is 0 Å². The summed E-state index contributed by atoms with van der Waals surface area (Å²) < 4.78 is 0.882. The first-order valence-electron chi connectivity index (χ1n) is 6.90. The number of halogens is 2. The van der Waals surface area contributed by atoms with Gasteiger partial charge in [0.25, 0.3) is 0 Å². The van der Waals surface area contributed by atoms with E-state index in [1.54, 1.807) is 0 Å². The van der Waals surface area contributed by atoms with Crippen molar-refractivity contribution < 1.29 is 5.11 Å². The van der Waals surface area contributed by atoms with Crippen molar-refractivity contribution in [3.8, 4) is 0 Å². The highest BCUT2D eigenvalue weighted by Gasteiger charge is 2.17. The van der Waals surface area contributed by atoms with Crippen LogP contribution in [0, 0.1) is 0 Å². The molecule has 0 aromatic heterocycles. The molecule has 20 heavy (non-hydrogen) atoms. The van der Waals surface area contributed by atoms with Gasteiger partial charge in [0, 0.05) is 15.1 Å². The first-order valence-corrected chi connectivity index (χ1v) is 8.07. The van der Waals surface area contributed by atoms with Crippen molar-refractivity contribution in [3.05, 3.63) is 68.1 Å². The molecule has 1 unspecified atom stereocenters. The van der Waals surface area contributed by atoms with Crippen LogP contribution in [0.1, 0.15) is 41.2 Å². The number of aliphatic hydroxyl groups is 1. The zero-order valence-electron chi connectivity index (χ0n) is 11.1. The Bertz CT molecular complexity index is 639. The second kappa shape index (κ2) is 5.88. The molecule has 3 rings (SSSR count). The van der Waals surface area contributed by atoms with E-state index in [4.69, 9.17) is 11.6 Å². The van der Waals surface area contributed by atoms with Crippen LogP contribution >= 0.6 is 27.5 Å². The zero-order chi connectivity index (χ0) is 14.1. The number of hydrogen-bond acceptors (Lipinski definition) is 1. The summed E-state index contributed by atoms with van der Waals surface area (Å²) in [6.45, 7) is 0. The van der Waals surface area contributed by atoms with Gasteiger partial charge in [0.05, 0.1) is 0 Å². The Kier molecular flexibility index (Phi) is 4.16. The molecule has 1 aliphatic rings. The van der Waals surface area contributed by atoms with Gasteiger partial charge in [-0.25, -0.2) is 0 Å². The van der Waals surface area contributed by atoms with Gasteiger partial charge in [-0.15, -0.1) is 0 Å². The lowest BCUT2D eigenvalue weighted by Crippen LogP contribution is -2.06. The summed E-state index contributed by atoms with van der Waals surface area (Å²) in [4.78, 5) is 0. The van der Waals surface area contributed by atoms with Crippen molar-refractivity contribution in [3.63, 3.8) is 0 Å². The maximum absolute atomic E-state index is 10.6. The molecule has 3 heteroatoms. The van der Waals surface area contributed by atoms with Crippen LogP contribution in [0.4, 0.5) is 0 Å². The molecular formula is C17H16BrClO. The van der Waals surface area contributed by atoms with Crippen molar-refractivity contribution in [2.24, 2.45) is 0 Å². The second-order valence-corrected chi connectivity index (χ2v) is 6.59. The first kappa shape index (κ1) is 14.1. The standard InChI is InChI=1S/C17H16BrClO/c18-16-8-7-14(19)10-15(16)17(20)13-6-5-11-3-1-2-4-12(11)9-13/h5-10,17,20H,1-4H2. The van der Waals surface area contributed by atoms with E-state index in [1.807, 2.05) is 24.3 Å². The molecule has 1 nitrogen and oxygen atoms in total. The summed E-state index contributed by atoms with van der Waals surface area (Å²) in [6.07, 6.45) is 4.15. The minimum absolute atomic E-state index is 0.639. The zero-order valence-corrected chi connectivity index (χ0v) is 13.4. The highest BCUT2D eigenvalue weighted by molar-refractivity contribution is 9.10. The maximum Gasteiger partial charge on any atom is 0.105 e. The van der Waals surface area contributed by atoms with E-state index in [9.17, 15) is 5.11 Å². The van der Waals surface area contributed by atoms with Gasteiger partial charge in [-0.2, -0.15) is 0 Å². The Morgan fingerprint density at radius 1 is 1.00 bits per heavy atom. The van der Waals surface area contributed by atoms with E-state index >= 15 is 0 Å². The Balaban J connectivity index is 1.97. The maximum atomic E-state index is 10.6. The van der Waals surface area contributed by atoms with Crippen LogP contribution in [-0.2, 0) is 12.8 Å². The fourth-order valence-corrected chi connectivity index (χ4v) is 3.47. The van der Waals surface area contributed by atoms with E-state index in [0.717, 1.165) is 28.4 Å². The number of rotatable bonds is 2. The summed E-state index contributed by atoms with van der Waals surface area (Å²) >= 11 is 9.52. The van der Waals surface area contributed by atoms with Crippen molar-refractivity contribution in [1.29, 1.82) is 0 Å². The Hall–Kier alpha value is -0.830. The Morgan fingerprint density at radius 3 is 2.55 bits per heavy atom. The van der Waals surface area contributed by atoms with Crippen molar-refractivity contribution >= 4 is 27.5 Å². The summed E-state index contributed by atoms with van der Waals surface area (Å²) in [7, 11) is 0. The van der Waals surface area contributed by atoms with Crippen LogP contribution < -0.4 is 0 Å². The number of aliphatic hydroxyl groups excluding tert-OH is 1. The third-order valence-corrected chi connectivity index (χ3v) is 4.90. The normalized spacial score (nSPS) is 15.8. The predicted octanol–water partition coefficient (Wildman–Crippen LogP) is 5.06. The lowest BCUT2D eigenvalue weighted by Gasteiger charge is -2.19. The predicted molar refractivity (Wildman–Crippen MR) is 86.3 cm³/mol. The molecule has 0 fully saturated rings. The van der Waals surface area contributed by atoms with Crippen LogP contribution in [-0.4, -0.2) is 5.11 Å². The van der Waals surface area contributed by atoms with E-state index < -0.39 is 6.10 Å². The quantitative estimate of drug-likeness (QED) is 0.801. The molecule has 1 atom stereocenters. The van der Waals surface area contributed by atoms with Gasteiger partial charge in [0.15, 0.2) is 0 Å². The Labute approximate surface area is 132 Å². The van der Waals surface area contributed by atoms with Crippen LogP contribution in [0.25, 0.3) is 0 Å². The second-order valence-electron chi connectivity index (χ2n) is 5.30. The van der Waals surface area contributed by atoms with Gasteiger partial charge in [-0.3, -0.25) is 0 Å². The molecule has 0 heterocycles. The minimum atomic E-state index is -0.643. The number of hydrogen-bond donors (Lipinski definition) is 1. The number of fused-ring (bicyclic) bond motifs is 1. The van der Waals surface area contributed by atoms with Gasteiger partial charge in [0.1, 0.15) is 6.10 Å². The molecule has 0 amide bonds.